The average molecular weight is 278 g/mol. The largest absolute Gasteiger partial charge is 0.496 e. The third kappa shape index (κ3) is 2.88. The van der Waals surface area contributed by atoms with Gasteiger partial charge in [-0.1, -0.05) is 6.92 Å². The van der Waals surface area contributed by atoms with E-state index in [0.29, 0.717) is 29.5 Å². The predicted molar refractivity (Wildman–Crippen MR) is 77.9 cm³/mol. The highest BCUT2D eigenvalue weighted by Crippen LogP contribution is 2.26. The summed E-state index contributed by atoms with van der Waals surface area (Å²) in [5.41, 5.74) is 6.85. The molecule has 110 valence electrons. The first-order valence-electron chi connectivity index (χ1n) is 6.82. The van der Waals surface area contributed by atoms with E-state index in [4.69, 9.17) is 15.2 Å². The van der Waals surface area contributed by atoms with E-state index in [2.05, 4.69) is 6.92 Å². The molecule has 1 heterocycles. The van der Waals surface area contributed by atoms with Gasteiger partial charge in [-0.2, -0.15) is 0 Å². The van der Waals surface area contributed by atoms with E-state index in [-0.39, 0.29) is 12.0 Å². The Balaban J connectivity index is 2.19. The number of nitrogen functional groups attached to an aromatic ring is 1. The van der Waals surface area contributed by atoms with Crippen molar-refractivity contribution in [1.29, 1.82) is 0 Å². The molecule has 1 amide bonds. The molecule has 2 N–H and O–H groups in total. The molecule has 0 bridgehead atoms. The van der Waals surface area contributed by atoms with Crippen LogP contribution in [0.25, 0.3) is 0 Å². The molecule has 1 aliphatic rings. The fraction of sp³-hybridized carbons (Fsp3) is 0.533. The van der Waals surface area contributed by atoms with Crippen LogP contribution in [0.2, 0.25) is 0 Å². The maximum absolute atomic E-state index is 12.6. The topological polar surface area (TPSA) is 64.8 Å². The molecule has 1 aliphatic heterocycles. The zero-order valence-corrected chi connectivity index (χ0v) is 12.3. The monoisotopic (exact) mass is 278 g/mol. The predicted octanol–water partition coefficient (Wildman–Crippen LogP) is 1.77. The number of hydrogen-bond acceptors (Lipinski definition) is 4. The molecule has 2 rings (SSSR count). The molecular formula is C15H22N2O3. The lowest BCUT2D eigenvalue weighted by atomic mass is 9.95. The summed E-state index contributed by atoms with van der Waals surface area (Å²) < 4.78 is 10.7. The van der Waals surface area contributed by atoms with E-state index in [1.54, 1.807) is 32.4 Å². The number of piperidine rings is 1. The summed E-state index contributed by atoms with van der Waals surface area (Å²) in [5, 5.41) is 0. The smallest absolute Gasteiger partial charge is 0.257 e. The Morgan fingerprint density at radius 3 is 2.80 bits per heavy atom. The number of benzene rings is 1. The second-order valence-electron chi connectivity index (χ2n) is 5.25. The number of ether oxygens (including phenoxy) is 2. The van der Waals surface area contributed by atoms with Gasteiger partial charge in [-0.3, -0.25) is 4.79 Å². The molecule has 0 saturated carbocycles. The first kappa shape index (κ1) is 14.7. The molecule has 1 fully saturated rings. The summed E-state index contributed by atoms with van der Waals surface area (Å²) in [4.78, 5) is 14.4. The Labute approximate surface area is 119 Å². The molecule has 1 aromatic carbocycles. The normalized spacial score (nSPS) is 22.6. The Kier molecular flexibility index (Phi) is 4.49. The highest BCUT2D eigenvalue weighted by molar-refractivity contribution is 5.97. The molecule has 5 heteroatoms. The number of carbonyl (C=O) groups is 1. The quantitative estimate of drug-likeness (QED) is 0.856. The second-order valence-corrected chi connectivity index (χ2v) is 5.25. The Hall–Kier alpha value is -1.75. The van der Waals surface area contributed by atoms with Gasteiger partial charge in [0.1, 0.15) is 5.75 Å². The van der Waals surface area contributed by atoms with Crippen molar-refractivity contribution in [3.8, 4) is 5.75 Å². The highest BCUT2D eigenvalue weighted by Gasteiger charge is 2.30. The van der Waals surface area contributed by atoms with E-state index in [1.165, 1.54) is 0 Å². The first-order chi connectivity index (χ1) is 9.56. The van der Waals surface area contributed by atoms with Gasteiger partial charge >= 0.3 is 0 Å². The van der Waals surface area contributed by atoms with Gasteiger partial charge in [0.05, 0.1) is 18.8 Å². The van der Waals surface area contributed by atoms with Crippen molar-refractivity contribution in [2.45, 2.75) is 19.4 Å². The zero-order valence-electron chi connectivity index (χ0n) is 12.3. The molecule has 5 nitrogen and oxygen atoms in total. The fourth-order valence-electron chi connectivity index (χ4n) is 2.58. The second kappa shape index (κ2) is 6.13. The maximum Gasteiger partial charge on any atom is 0.257 e. The number of methoxy groups -OCH3 is 2. The zero-order chi connectivity index (χ0) is 14.7. The summed E-state index contributed by atoms with van der Waals surface area (Å²) in [6.45, 7) is 3.51. The van der Waals surface area contributed by atoms with Crippen LogP contribution in [0.3, 0.4) is 0 Å². The van der Waals surface area contributed by atoms with Gasteiger partial charge in [-0.15, -0.1) is 0 Å². The molecule has 0 aliphatic carbocycles. The molecule has 0 aromatic heterocycles. The maximum atomic E-state index is 12.6. The lowest BCUT2D eigenvalue weighted by Crippen LogP contribution is -2.46. The Morgan fingerprint density at radius 1 is 1.40 bits per heavy atom. The van der Waals surface area contributed by atoms with Crippen LogP contribution in [0.1, 0.15) is 23.7 Å². The lowest BCUT2D eigenvalue weighted by molar-refractivity contribution is -0.00166. The number of hydrogen-bond donors (Lipinski definition) is 1. The van der Waals surface area contributed by atoms with E-state index in [1.807, 2.05) is 4.90 Å². The fourth-order valence-corrected chi connectivity index (χ4v) is 2.58. The number of rotatable bonds is 3. The van der Waals surface area contributed by atoms with Crippen LogP contribution in [0, 0.1) is 5.92 Å². The number of nitrogens with two attached hydrogens (primary N) is 1. The number of carbonyl (C=O) groups excluding carboxylic acids is 1. The summed E-state index contributed by atoms with van der Waals surface area (Å²) >= 11 is 0. The molecule has 0 spiro atoms. The standard InChI is InChI=1S/C15H22N2O3/c1-10-6-7-17(9-14(10)20-3)15(18)12-5-4-11(16)8-13(12)19-2/h4-5,8,10,14H,6-7,9,16H2,1-3H3. The minimum absolute atomic E-state index is 0.0317. The van der Waals surface area contributed by atoms with Crippen LogP contribution in [-0.4, -0.2) is 44.2 Å². The van der Waals surface area contributed by atoms with Gasteiger partial charge in [0, 0.05) is 32.0 Å². The van der Waals surface area contributed by atoms with Crippen molar-refractivity contribution in [3.63, 3.8) is 0 Å². The summed E-state index contributed by atoms with van der Waals surface area (Å²) in [5.74, 6) is 0.954. The highest BCUT2D eigenvalue weighted by atomic mass is 16.5. The number of amides is 1. The van der Waals surface area contributed by atoms with E-state index < -0.39 is 0 Å². The first-order valence-corrected chi connectivity index (χ1v) is 6.82. The minimum Gasteiger partial charge on any atom is -0.496 e. The number of nitrogens with zero attached hydrogens (tertiary/aromatic N) is 1. The molecule has 1 aromatic rings. The van der Waals surface area contributed by atoms with Gasteiger partial charge in [0.15, 0.2) is 0 Å². The number of anilines is 1. The van der Waals surface area contributed by atoms with E-state index >= 15 is 0 Å². The minimum atomic E-state index is -0.0317. The van der Waals surface area contributed by atoms with Crippen molar-refractivity contribution in [3.05, 3.63) is 23.8 Å². The molecule has 0 radical (unpaired) electrons. The van der Waals surface area contributed by atoms with Gasteiger partial charge in [-0.25, -0.2) is 0 Å². The SMILES string of the molecule is COc1cc(N)ccc1C(=O)N1CCC(C)C(OC)C1. The third-order valence-electron chi connectivity index (χ3n) is 3.94. The van der Waals surface area contributed by atoms with Crippen LogP contribution in [0.15, 0.2) is 18.2 Å². The van der Waals surface area contributed by atoms with Gasteiger partial charge in [0.25, 0.3) is 5.91 Å². The lowest BCUT2D eigenvalue weighted by Gasteiger charge is -2.36. The summed E-state index contributed by atoms with van der Waals surface area (Å²) in [7, 11) is 3.24. The van der Waals surface area contributed by atoms with Crippen LogP contribution in [0.5, 0.6) is 5.75 Å². The Morgan fingerprint density at radius 2 is 2.15 bits per heavy atom. The van der Waals surface area contributed by atoms with E-state index in [0.717, 1.165) is 13.0 Å². The van der Waals surface area contributed by atoms with Crippen LogP contribution in [-0.2, 0) is 4.74 Å². The molecule has 20 heavy (non-hydrogen) atoms. The third-order valence-corrected chi connectivity index (χ3v) is 3.94. The molecular weight excluding hydrogens is 256 g/mol. The van der Waals surface area contributed by atoms with Crippen molar-refractivity contribution in [1.82, 2.24) is 4.90 Å². The van der Waals surface area contributed by atoms with Crippen LogP contribution in [0.4, 0.5) is 5.69 Å². The van der Waals surface area contributed by atoms with Crippen LogP contribution >= 0.6 is 0 Å². The van der Waals surface area contributed by atoms with Crippen molar-refractivity contribution in [2.24, 2.45) is 5.92 Å². The van der Waals surface area contributed by atoms with Crippen molar-refractivity contribution < 1.29 is 14.3 Å². The van der Waals surface area contributed by atoms with Gasteiger partial charge in [0.2, 0.25) is 0 Å². The van der Waals surface area contributed by atoms with Gasteiger partial charge in [-0.05, 0) is 24.5 Å². The average Bonchev–Trinajstić information content (AvgIpc) is 2.46. The van der Waals surface area contributed by atoms with Crippen LogP contribution < -0.4 is 10.5 Å². The summed E-state index contributed by atoms with van der Waals surface area (Å²) in [6.07, 6.45) is 1.04. The van der Waals surface area contributed by atoms with E-state index in [9.17, 15) is 4.79 Å². The molecule has 2 unspecified atom stereocenters. The number of likely N-dealkylation sites (tertiary alicyclic amines) is 1. The Bertz CT molecular complexity index is 490. The van der Waals surface area contributed by atoms with Crippen molar-refractivity contribution >= 4 is 11.6 Å². The van der Waals surface area contributed by atoms with Gasteiger partial charge < -0.3 is 20.1 Å². The molecule has 2 atom stereocenters. The van der Waals surface area contributed by atoms with Crippen molar-refractivity contribution in [2.75, 3.05) is 33.0 Å². The molecule has 1 saturated heterocycles. The summed E-state index contributed by atoms with van der Waals surface area (Å²) in [6, 6.07) is 5.11.